The molecule has 1 aromatic rings. The van der Waals surface area contributed by atoms with E-state index in [1.807, 2.05) is 10.9 Å². The first-order valence-corrected chi connectivity index (χ1v) is 7.92. The number of halogens is 1. The average Bonchev–Trinajstić information content (AvgIpc) is 2.81. The van der Waals surface area contributed by atoms with Gasteiger partial charge in [0.15, 0.2) is 5.78 Å². The second-order valence-corrected chi connectivity index (χ2v) is 6.99. The molecule has 1 spiro atoms. The molecule has 0 aromatic carbocycles. The van der Waals surface area contributed by atoms with Crippen molar-refractivity contribution in [3.8, 4) is 0 Å². The van der Waals surface area contributed by atoms with Crippen LogP contribution in [-0.2, 0) is 6.42 Å². The van der Waals surface area contributed by atoms with E-state index in [1.54, 1.807) is 0 Å². The zero-order chi connectivity index (χ0) is 13.6. The summed E-state index contributed by atoms with van der Waals surface area (Å²) in [6, 6.07) is 0.231. The van der Waals surface area contributed by atoms with Crippen molar-refractivity contribution in [2.75, 3.05) is 13.1 Å². The number of hydrogen-bond acceptors (Lipinski definition) is 3. The lowest BCUT2D eigenvalue weighted by molar-refractivity contribution is 0.0850. The van der Waals surface area contributed by atoms with Gasteiger partial charge < -0.3 is 5.32 Å². The first-order chi connectivity index (χ1) is 9.05. The predicted octanol–water partition coefficient (Wildman–Crippen LogP) is 2.34. The highest BCUT2D eigenvalue weighted by Crippen LogP contribution is 2.46. The smallest absolute Gasteiger partial charge is 0.195 e. The maximum atomic E-state index is 12.7. The third-order valence-electron chi connectivity index (χ3n) is 4.50. The fraction of sp³-hybridized carbons (Fsp3) is 0.714. The van der Waals surface area contributed by atoms with Gasteiger partial charge in [-0.05, 0) is 51.6 Å². The highest BCUT2D eigenvalue weighted by Gasteiger charge is 2.48. The lowest BCUT2D eigenvalue weighted by Crippen LogP contribution is -2.49. The van der Waals surface area contributed by atoms with E-state index < -0.39 is 0 Å². The van der Waals surface area contributed by atoms with Gasteiger partial charge in [-0.2, -0.15) is 5.10 Å². The number of hydrogen-bond donors (Lipinski definition) is 1. The Balaban J connectivity index is 2.03. The van der Waals surface area contributed by atoms with Gasteiger partial charge in [0.1, 0.15) is 5.69 Å². The van der Waals surface area contributed by atoms with E-state index in [9.17, 15) is 4.79 Å². The predicted molar refractivity (Wildman–Crippen MR) is 77.9 cm³/mol. The molecule has 1 N–H and O–H groups in total. The van der Waals surface area contributed by atoms with Crippen LogP contribution in [0.15, 0.2) is 6.20 Å². The van der Waals surface area contributed by atoms with E-state index in [0.717, 1.165) is 43.6 Å². The minimum Gasteiger partial charge on any atom is -0.317 e. The zero-order valence-corrected chi connectivity index (χ0v) is 13.0. The number of carbonyl (C=O) groups is 1. The molecule has 1 aliphatic carbocycles. The Kier molecular flexibility index (Phi) is 3.29. The molecule has 0 bridgehead atoms. The van der Waals surface area contributed by atoms with Crippen molar-refractivity contribution < 1.29 is 4.79 Å². The van der Waals surface area contributed by atoms with Gasteiger partial charge in [-0.1, -0.05) is 15.9 Å². The molecular formula is C14H20BrN3O. The number of aromatic nitrogens is 2. The van der Waals surface area contributed by atoms with Gasteiger partial charge in [-0.25, -0.2) is 0 Å². The summed E-state index contributed by atoms with van der Waals surface area (Å²) in [6.45, 7) is 6.14. The lowest BCUT2D eigenvalue weighted by Gasteiger charge is -2.43. The number of ketones is 1. The van der Waals surface area contributed by atoms with Gasteiger partial charge >= 0.3 is 0 Å². The van der Waals surface area contributed by atoms with E-state index in [-0.39, 0.29) is 22.1 Å². The van der Waals surface area contributed by atoms with Crippen molar-refractivity contribution in [2.45, 2.75) is 44.0 Å². The number of carbonyl (C=O) groups excluding carboxylic acids is 1. The standard InChI is InChI=1S/C14H20BrN3O/c1-9(2)18-11-10(8-17-18)7-14(13(15)12(11)19)3-5-16-6-4-14/h8-9,13,16H,3-7H2,1-2H3. The number of nitrogens with zero attached hydrogens (tertiary/aromatic N) is 2. The Morgan fingerprint density at radius 1 is 1.47 bits per heavy atom. The molecule has 19 heavy (non-hydrogen) atoms. The molecule has 1 saturated heterocycles. The average molecular weight is 326 g/mol. The number of piperidine rings is 1. The summed E-state index contributed by atoms with van der Waals surface area (Å²) in [5.41, 5.74) is 2.04. The summed E-state index contributed by atoms with van der Waals surface area (Å²) in [5, 5.41) is 7.81. The van der Waals surface area contributed by atoms with Crippen LogP contribution in [0.2, 0.25) is 0 Å². The summed E-state index contributed by atoms with van der Waals surface area (Å²) in [4.78, 5) is 12.7. The topological polar surface area (TPSA) is 46.9 Å². The number of Topliss-reactive ketones (excluding diaryl/α,β-unsaturated/α-hetero) is 1. The summed E-state index contributed by atoms with van der Waals surface area (Å²) in [7, 11) is 0. The molecule has 1 atom stereocenters. The fourth-order valence-electron chi connectivity index (χ4n) is 3.41. The molecule has 5 heteroatoms. The van der Waals surface area contributed by atoms with Crippen molar-refractivity contribution in [2.24, 2.45) is 5.41 Å². The Labute approximate surface area is 122 Å². The van der Waals surface area contributed by atoms with Crippen molar-refractivity contribution >= 4 is 21.7 Å². The van der Waals surface area contributed by atoms with Gasteiger partial charge in [0.25, 0.3) is 0 Å². The van der Waals surface area contributed by atoms with Crippen LogP contribution >= 0.6 is 15.9 Å². The van der Waals surface area contributed by atoms with Gasteiger partial charge in [0.2, 0.25) is 0 Å². The van der Waals surface area contributed by atoms with E-state index in [4.69, 9.17) is 0 Å². The van der Waals surface area contributed by atoms with E-state index in [0.29, 0.717) is 0 Å². The number of fused-ring (bicyclic) bond motifs is 1. The lowest BCUT2D eigenvalue weighted by atomic mass is 9.67. The van der Waals surface area contributed by atoms with Crippen LogP contribution < -0.4 is 5.32 Å². The molecule has 3 rings (SSSR count). The van der Waals surface area contributed by atoms with Gasteiger partial charge in [0.05, 0.1) is 11.0 Å². The molecule has 1 aliphatic heterocycles. The molecule has 4 nitrogen and oxygen atoms in total. The summed E-state index contributed by atoms with van der Waals surface area (Å²) in [6.07, 6.45) is 4.98. The quantitative estimate of drug-likeness (QED) is 0.806. The van der Waals surface area contributed by atoms with Gasteiger partial charge in [-0.15, -0.1) is 0 Å². The van der Waals surface area contributed by atoms with Crippen LogP contribution in [0.3, 0.4) is 0 Å². The van der Waals surface area contributed by atoms with Crippen LogP contribution in [0.25, 0.3) is 0 Å². The van der Waals surface area contributed by atoms with Gasteiger partial charge in [-0.3, -0.25) is 9.48 Å². The molecule has 1 aromatic heterocycles. The summed E-state index contributed by atoms with van der Waals surface area (Å²) < 4.78 is 1.87. The van der Waals surface area contributed by atoms with E-state index >= 15 is 0 Å². The molecule has 1 unspecified atom stereocenters. The Bertz CT molecular complexity index is 503. The Morgan fingerprint density at radius 2 is 2.16 bits per heavy atom. The van der Waals surface area contributed by atoms with E-state index in [1.165, 1.54) is 0 Å². The van der Waals surface area contributed by atoms with Crippen molar-refractivity contribution in [1.29, 1.82) is 0 Å². The largest absolute Gasteiger partial charge is 0.317 e. The number of nitrogens with one attached hydrogen (secondary N) is 1. The maximum absolute atomic E-state index is 12.7. The first kappa shape index (κ1) is 13.3. The molecule has 0 saturated carbocycles. The highest BCUT2D eigenvalue weighted by atomic mass is 79.9. The fourth-order valence-corrected chi connectivity index (χ4v) is 4.25. The molecule has 1 fully saturated rings. The van der Waals surface area contributed by atoms with Crippen LogP contribution in [0, 0.1) is 5.41 Å². The Morgan fingerprint density at radius 3 is 2.79 bits per heavy atom. The SMILES string of the molecule is CC(C)n1ncc2c1C(=O)C(Br)C1(CCNCC1)C2. The van der Waals surface area contributed by atoms with Crippen LogP contribution in [0.1, 0.15) is 48.8 Å². The highest BCUT2D eigenvalue weighted by molar-refractivity contribution is 9.10. The molecule has 2 heterocycles. The van der Waals surface area contributed by atoms with Crippen LogP contribution in [0.5, 0.6) is 0 Å². The third kappa shape index (κ3) is 1.98. The molecule has 104 valence electrons. The molecule has 0 amide bonds. The van der Waals surface area contributed by atoms with Gasteiger partial charge in [0, 0.05) is 11.6 Å². The zero-order valence-electron chi connectivity index (χ0n) is 11.4. The Hall–Kier alpha value is -0.680. The second kappa shape index (κ2) is 4.70. The minimum atomic E-state index is -0.0659. The molecule has 0 radical (unpaired) electrons. The third-order valence-corrected chi connectivity index (χ3v) is 5.89. The van der Waals surface area contributed by atoms with Crippen molar-refractivity contribution in [1.82, 2.24) is 15.1 Å². The second-order valence-electron chi connectivity index (χ2n) is 6.07. The number of rotatable bonds is 1. The summed E-state index contributed by atoms with van der Waals surface area (Å²) in [5.74, 6) is 0.217. The van der Waals surface area contributed by atoms with Crippen LogP contribution in [-0.4, -0.2) is 33.5 Å². The molecular weight excluding hydrogens is 306 g/mol. The normalized spacial score (nSPS) is 25.9. The van der Waals surface area contributed by atoms with Crippen LogP contribution in [0.4, 0.5) is 0 Å². The van der Waals surface area contributed by atoms with Crippen molar-refractivity contribution in [3.05, 3.63) is 17.5 Å². The first-order valence-electron chi connectivity index (χ1n) is 7.00. The minimum absolute atomic E-state index is 0.0659. The van der Waals surface area contributed by atoms with Crippen molar-refractivity contribution in [3.63, 3.8) is 0 Å². The number of alkyl halides is 1. The molecule has 2 aliphatic rings. The maximum Gasteiger partial charge on any atom is 0.195 e. The van der Waals surface area contributed by atoms with E-state index in [2.05, 4.69) is 40.2 Å². The summed E-state index contributed by atoms with van der Waals surface area (Å²) >= 11 is 3.69. The monoisotopic (exact) mass is 325 g/mol.